The minimum Gasteiger partial charge on any atom is -0.375 e. The van der Waals surface area contributed by atoms with E-state index in [1.54, 1.807) is 11.3 Å². The van der Waals surface area contributed by atoms with E-state index in [0.29, 0.717) is 37.2 Å². The van der Waals surface area contributed by atoms with Gasteiger partial charge in [0.1, 0.15) is 5.00 Å². The summed E-state index contributed by atoms with van der Waals surface area (Å²) in [6, 6.07) is 0. The van der Waals surface area contributed by atoms with Gasteiger partial charge in [-0.2, -0.15) is 0 Å². The molecule has 0 spiro atoms. The summed E-state index contributed by atoms with van der Waals surface area (Å²) in [7, 11) is 0. The third-order valence-electron chi connectivity index (χ3n) is 6.67. The van der Waals surface area contributed by atoms with Crippen molar-refractivity contribution in [3.63, 3.8) is 0 Å². The maximum Gasteiger partial charge on any atom is 0.254 e. The van der Waals surface area contributed by atoms with Crippen molar-refractivity contribution in [2.24, 2.45) is 17.8 Å². The van der Waals surface area contributed by atoms with Crippen molar-refractivity contribution in [1.82, 2.24) is 10.6 Å². The van der Waals surface area contributed by atoms with E-state index in [1.165, 1.54) is 17.7 Å². The van der Waals surface area contributed by atoms with Crippen LogP contribution in [-0.4, -0.2) is 49.4 Å². The lowest BCUT2D eigenvalue weighted by atomic mass is 9.84. The van der Waals surface area contributed by atoms with Gasteiger partial charge in [0.15, 0.2) is 6.29 Å². The number of aryl methyl sites for hydroxylation is 1. The SMILES string of the molecule is CCOC(CNC(=S)C[C@H]1CCc2sc(NC(=O)C3CC3)c(C(=O)NCC3CC3)c2C1)OCC.[HH]. The van der Waals surface area contributed by atoms with Gasteiger partial charge in [-0.1, -0.05) is 12.2 Å². The molecule has 0 aliphatic heterocycles. The van der Waals surface area contributed by atoms with Crippen LogP contribution in [0.3, 0.4) is 0 Å². The molecule has 4 rings (SSSR count). The summed E-state index contributed by atoms with van der Waals surface area (Å²) in [5.41, 5.74) is 1.79. The van der Waals surface area contributed by atoms with Gasteiger partial charge >= 0.3 is 0 Å². The molecule has 2 amide bonds. The molecule has 7 nitrogen and oxygen atoms in total. The van der Waals surface area contributed by atoms with Crippen LogP contribution in [0, 0.1) is 17.8 Å². The van der Waals surface area contributed by atoms with Crippen LogP contribution in [0.1, 0.15) is 74.6 Å². The molecule has 3 N–H and O–H groups in total. The molecule has 2 fully saturated rings. The van der Waals surface area contributed by atoms with Crippen LogP contribution < -0.4 is 16.0 Å². The molecule has 2 saturated carbocycles. The number of rotatable bonds is 13. The van der Waals surface area contributed by atoms with Crippen molar-refractivity contribution in [3.8, 4) is 0 Å². The molecule has 1 heterocycles. The summed E-state index contributed by atoms with van der Waals surface area (Å²) >= 11 is 7.21. The Balaban J connectivity index is 0.00000342. The molecule has 9 heteroatoms. The molecule has 3 aliphatic rings. The topological polar surface area (TPSA) is 88.7 Å². The van der Waals surface area contributed by atoms with Crippen LogP contribution in [0.5, 0.6) is 0 Å². The highest BCUT2D eigenvalue weighted by Gasteiger charge is 2.34. The Morgan fingerprint density at radius 2 is 1.82 bits per heavy atom. The van der Waals surface area contributed by atoms with Gasteiger partial charge in [0.25, 0.3) is 5.91 Å². The summed E-state index contributed by atoms with van der Waals surface area (Å²) in [6.45, 7) is 6.33. The van der Waals surface area contributed by atoms with Crippen LogP contribution >= 0.6 is 23.6 Å². The van der Waals surface area contributed by atoms with Crippen molar-refractivity contribution >= 4 is 45.4 Å². The van der Waals surface area contributed by atoms with Crippen molar-refractivity contribution in [3.05, 3.63) is 16.0 Å². The Labute approximate surface area is 213 Å². The fourth-order valence-corrected chi connectivity index (χ4v) is 6.00. The molecule has 0 radical (unpaired) electrons. The van der Waals surface area contributed by atoms with E-state index < -0.39 is 0 Å². The van der Waals surface area contributed by atoms with Gasteiger partial charge in [-0.05, 0) is 76.2 Å². The highest BCUT2D eigenvalue weighted by atomic mass is 32.1. The molecule has 0 bridgehead atoms. The van der Waals surface area contributed by atoms with Gasteiger partial charge < -0.3 is 25.4 Å². The van der Waals surface area contributed by atoms with Gasteiger partial charge in [-0.15, -0.1) is 11.3 Å². The first kappa shape index (κ1) is 25.5. The number of hydrogen-bond donors (Lipinski definition) is 3. The van der Waals surface area contributed by atoms with Crippen LogP contribution in [0.15, 0.2) is 0 Å². The predicted molar refractivity (Wildman–Crippen MR) is 141 cm³/mol. The minimum absolute atomic E-state index is 0. The fourth-order valence-electron chi connectivity index (χ4n) is 4.43. The quantitative estimate of drug-likeness (QED) is 0.272. The van der Waals surface area contributed by atoms with Gasteiger partial charge in [0, 0.05) is 38.4 Å². The molecule has 1 aromatic heterocycles. The molecule has 0 unspecified atom stereocenters. The number of carbonyl (C=O) groups excluding carboxylic acids is 2. The predicted octanol–water partition coefficient (Wildman–Crippen LogP) is 4.29. The van der Waals surface area contributed by atoms with Crippen molar-refractivity contribution in [2.45, 2.75) is 71.5 Å². The Morgan fingerprint density at radius 1 is 1.09 bits per heavy atom. The van der Waals surface area contributed by atoms with E-state index in [-0.39, 0.29) is 25.4 Å². The minimum atomic E-state index is -0.304. The molecule has 34 heavy (non-hydrogen) atoms. The maximum atomic E-state index is 13.2. The second-order valence-electron chi connectivity index (χ2n) is 9.58. The Kier molecular flexibility index (Phi) is 8.96. The third kappa shape index (κ3) is 6.99. The van der Waals surface area contributed by atoms with E-state index in [2.05, 4.69) is 16.0 Å². The Bertz CT molecular complexity index is 896. The van der Waals surface area contributed by atoms with Crippen LogP contribution in [0.2, 0.25) is 0 Å². The Hall–Kier alpha value is -1.55. The molecule has 3 aliphatic carbocycles. The van der Waals surface area contributed by atoms with Crippen LogP contribution in [0.4, 0.5) is 5.00 Å². The number of thiocarbonyl (C=S) groups is 1. The number of anilines is 1. The molecule has 190 valence electrons. The van der Waals surface area contributed by atoms with Gasteiger partial charge in [-0.3, -0.25) is 9.59 Å². The number of amides is 2. The average molecular weight is 510 g/mol. The fraction of sp³-hybridized carbons (Fsp3) is 0.720. The van der Waals surface area contributed by atoms with Crippen molar-refractivity contribution in [2.75, 3.05) is 31.6 Å². The first-order chi connectivity index (χ1) is 16.5. The zero-order valence-electron chi connectivity index (χ0n) is 20.2. The highest BCUT2D eigenvalue weighted by Crippen LogP contribution is 2.42. The maximum absolute atomic E-state index is 13.2. The van der Waals surface area contributed by atoms with E-state index >= 15 is 0 Å². The highest BCUT2D eigenvalue weighted by molar-refractivity contribution is 7.80. The van der Waals surface area contributed by atoms with Crippen molar-refractivity contribution in [1.29, 1.82) is 0 Å². The van der Waals surface area contributed by atoms with Gasteiger partial charge in [-0.25, -0.2) is 0 Å². The third-order valence-corrected chi connectivity index (χ3v) is 8.19. The molecule has 0 aromatic carbocycles. The van der Waals surface area contributed by atoms with E-state index in [4.69, 9.17) is 21.7 Å². The summed E-state index contributed by atoms with van der Waals surface area (Å²) in [6.07, 6.45) is 7.47. The van der Waals surface area contributed by atoms with Gasteiger partial charge in [0.2, 0.25) is 5.91 Å². The summed E-state index contributed by atoms with van der Waals surface area (Å²) in [5.74, 6) is 1.08. The molecule has 0 saturated heterocycles. The van der Waals surface area contributed by atoms with E-state index in [9.17, 15) is 9.59 Å². The lowest BCUT2D eigenvalue weighted by molar-refractivity contribution is -0.131. The monoisotopic (exact) mass is 509 g/mol. The molecular formula is C25H39N3O4S2. The standard InChI is InChI=1S/C25H37N3O4S2.H2/c1-3-31-21(32-4-2)14-26-20(33)12-16-7-10-19-18(11-16)22(24(30)27-13-15-5-6-15)25(34-19)28-23(29)17-8-9-17;/h15-17,21H,3-14H2,1-2H3,(H,26,33)(H,27,30)(H,28,29);1H/t16-;/m0./s1. The first-order valence-electron chi connectivity index (χ1n) is 12.7. The van der Waals surface area contributed by atoms with Gasteiger partial charge in [0.05, 0.1) is 17.1 Å². The normalized spacial score (nSPS) is 19.6. The van der Waals surface area contributed by atoms with Crippen LogP contribution in [0.25, 0.3) is 0 Å². The summed E-state index contributed by atoms with van der Waals surface area (Å²) < 4.78 is 11.2. The first-order valence-corrected chi connectivity index (χ1v) is 13.9. The molecular weight excluding hydrogens is 470 g/mol. The summed E-state index contributed by atoms with van der Waals surface area (Å²) in [4.78, 5) is 27.7. The number of ether oxygens (including phenoxy) is 2. The smallest absolute Gasteiger partial charge is 0.254 e. The molecule has 1 aromatic rings. The van der Waals surface area contributed by atoms with Crippen molar-refractivity contribution < 1.29 is 20.5 Å². The largest absolute Gasteiger partial charge is 0.375 e. The lowest BCUT2D eigenvalue weighted by Crippen LogP contribution is -2.36. The zero-order chi connectivity index (χ0) is 24.1. The number of fused-ring (bicyclic) bond motifs is 1. The number of hydrogen-bond acceptors (Lipinski definition) is 6. The number of nitrogens with one attached hydrogen (secondary N) is 3. The van der Waals surface area contributed by atoms with Crippen LogP contribution in [-0.2, 0) is 27.1 Å². The van der Waals surface area contributed by atoms with E-state index in [0.717, 1.165) is 60.6 Å². The second kappa shape index (κ2) is 11.9. The number of thiophene rings is 1. The zero-order valence-corrected chi connectivity index (χ0v) is 21.9. The lowest BCUT2D eigenvalue weighted by Gasteiger charge is -2.24. The van der Waals surface area contributed by atoms with E-state index in [1.807, 2.05) is 13.8 Å². The summed E-state index contributed by atoms with van der Waals surface area (Å²) in [5, 5.41) is 10.2. The molecule has 1 atom stereocenters. The number of carbonyl (C=O) groups is 2. The Morgan fingerprint density at radius 3 is 2.47 bits per heavy atom. The average Bonchev–Trinajstić information content (AvgIpc) is 3.73. The second-order valence-corrected chi connectivity index (χ2v) is 11.2.